The van der Waals surface area contributed by atoms with Crippen molar-refractivity contribution >= 4 is 5.91 Å². The molecule has 3 rings (SSSR count). The fraction of sp³-hybridized carbons (Fsp3) is 0.579. The first-order valence-electron chi connectivity index (χ1n) is 8.97. The number of hydrogen-bond donors (Lipinski definition) is 2. The molecule has 25 heavy (non-hydrogen) atoms. The van der Waals surface area contributed by atoms with E-state index in [2.05, 4.69) is 27.3 Å². The highest BCUT2D eigenvalue weighted by Crippen LogP contribution is 2.27. The van der Waals surface area contributed by atoms with Gasteiger partial charge in [0.2, 0.25) is 5.91 Å². The summed E-state index contributed by atoms with van der Waals surface area (Å²) in [6.45, 7) is 3.37. The number of carbonyl (C=O) groups is 1. The number of hydrogen-bond acceptors (Lipinski definition) is 5. The van der Waals surface area contributed by atoms with E-state index in [1.165, 1.54) is 0 Å². The quantitative estimate of drug-likeness (QED) is 0.842. The summed E-state index contributed by atoms with van der Waals surface area (Å²) in [5, 5.41) is 21.7. The van der Waals surface area contributed by atoms with E-state index in [9.17, 15) is 9.90 Å². The number of benzene rings is 1. The lowest BCUT2D eigenvalue weighted by molar-refractivity contribution is -0.126. The van der Waals surface area contributed by atoms with Crippen LogP contribution < -0.4 is 5.32 Å². The summed E-state index contributed by atoms with van der Waals surface area (Å²) in [4.78, 5) is 16.7. The molecule has 2 saturated heterocycles. The summed E-state index contributed by atoms with van der Waals surface area (Å²) in [6, 6.07) is 10.1. The number of nitrogens with one attached hydrogen (secondary N) is 1. The molecule has 2 aliphatic rings. The van der Waals surface area contributed by atoms with Gasteiger partial charge in [0, 0.05) is 26.2 Å². The molecule has 6 nitrogen and oxygen atoms in total. The van der Waals surface area contributed by atoms with Gasteiger partial charge in [-0.25, -0.2) is 0 Å². The molecular formula is C19H26N4O2. The number of aliphatic hydroxyl groups excluding tert-OH is 1. The maximum absolute atomic E-state index is 12.1. The third-order valence-electron chi connectivity index (χ3n) is 5.35. The fourth-order valence-electron chi connectivity index (χ4n) is 4.07. The summed E-state index contributed by atoms with van der Waals surface area (Å²) in [7, 11) is 1.66. The lowest BCUT2D eigenvalue weighted by atomic mass is 10.0. The maximum Gasteiger partial charge on any atom is 0.237 e. The van der Waals surface area contributed by atoms with Crippen LogP contribution >= 0.6 is 0 Å². The molecule has 2 atom stereocenters. The molecule has 1 amide bonds. The maximum atomic E-state index is 12.1. The first-order chi connectivity index (χ1) is 12.1. The van der Waals surface area contributed by atoms with E-state index in [0.717, 1.165) is 38.0 Å². The summed E-state index contributed by atoms with van der Waals surface area (Å²) in [5.41, 5.74) is 1.86. The Labute approximate surface area is 149 Å². The number of carbonyl (C=O) groups excluding carboxylic acids is 1. The van der Waals surface area contributed by atoms with E-state index >= 15 is 0 Å². The second-order valence-corrected chi connectivity index (χ2v) is 7.04. The number of nitriles is 1. The van der Waals surface area contributed by atoms with Gasteiger partial charge >= 0.3 is 0 Å². The van der Waals surface area contributed by atoms with Gasteiger partial charge < -0.3 is 10.4 Å². The number of likely N-dealkylation sites (N-methyl/N-ethyl adjacent to an activating group) is 1. The smallest absolute Gasteiger partial charge is 0.237 e. The van der Waals surface area contributed by atoms with E-state index in [1.54, 1.807) is 7.05 Å². The molecule has 2 aliphatic heterocycles. The van der Waals surface area contributed by atoms with Crippen molar-refractivity contribution in [1.29, 1.82) is 5.26 Å². The molecular weight excluding hydrogens is 316 g/mol. The lowest BCUT2D eigenvalue weighted by Gasteiger charge is -2.38. The highest BCUT2D eigenvalue weighted by Gasteiger charge is 2.40. The van der Waals surface area contributed by atoms with Crippen molar-refractivity contribution < 1.29 is 9.90 Å². The first kappa shape index (κ1) is 17.9. The predicted octanol–water partition coefficient (Wildman–Crippen LogP) is 0.704. The Morgan fingerprint density at radius 3 is 2.84 bits per heavy atom. The largest absolute Gasteiger partial charge is 0.392 e. The molecule has 1 aromatic carbocycles. The first-order valence-corrected chi connectivity index (χ1v) is 8.97. The van der Waals surface area contributed by atoms with Gasteiger partial charge in [-0.2, -0.15) is 5.26 Å². The Hall–Kier alpha value is -1.94. The minimum Gasteiger partial charge on any atom is -0.392 e. The van der Waals surface area contributed by atoms with Gasteiger partial charge in [-0.15, -0.1) is 0 Å². The molecule has 2 fully saturated rings. The van der Waals surface area contributed by atoms with E-state index in [4.69, 9.17) is 5.26 Å². The van der Waals surface area contributed by atoms with Crippen molar-refractivity contribution in [3.8, 4) is 6.07 Å². The standard InChI is InChI=1S/C19H26N4O2/c1-21-19(25)18-10-17(24)13-23(18)16-5-7-22(8-6-16)12-15-4-2-3-14(9-15)11-20/h2-4,9,16-18,24H,5-8,10,12-13H2,1H3,(H,21,25)/t17-,18+/m1/s1. The molecule has 0 aliphatic carbocycles. The third-order valence-corrected chi connectivity index (χ3v) is 5.35. The van der Waals surface area contributed by atoms with Crippen molar-refractivity contribution in [2.45, 2.75) is 44.0 Å². The van der Waals surface area contributed by atoms with Crippen molar-refractivity contribution in [2.75, 3.05) is 26.7 Å². The molecule has 6 heteroatoms. The van der Waals surface area contributed by atoms with Gasteiger partial charge in [-0.3, -0.25) is 14.6 Å². The highest BCUT2D eigenvalue weighted by atomic mass is 16.3. The molecule has 2 N–H and O–H groups in total. The minimum atomic E-state index is -0.408. The second kappa shape index (κ2) is 7.96. The third kappa shape index (κ3) is 4.18. The molecule has 134 valence electrons. The Bertz CT molecular complexity index is 649. The minimum absolute atomic E-state index is 0.00676. The van der Waals surface area contributed by atoms with Gasteiger partial charge in [0.1, 0.15) is 0 Å². The van der Waals surface area contributed by atoms with Crippen LogP contribution in [0.2, 0.25) is 0 Å². The van der Waals surface area contributed by atoms with Crippen LogP contribution in [0.4, 0.5) is 0 Å². The SMILES string of the molecule is CNC(=O)[C@@H]1C[C@@H](O)CN1C1CCN(Cc2cccc(C#N)c2)CC1. The summed E-state index contributed by atoms with van der Waals surface area (Å²) < 4.78 is 0. The van der Waals surface area contributed by atoms with E-state index in [1.807, 2.05) is 18.2 Å². The van der Waals surface area contributed by atoms with Crippen LogP contribution in [0.5, 0.6) is 0 Å². The topological polar surface area (TPSA) is 79.6 Å². The molecule has 0 aromatic heterocycles. The highest BCUT2D eigenvalue weighted by molar-refractivity contribution is 5.81. The van der Waals surface area contributed by atoms with Gasteiger partial charge in [0.25, 0.3) is 0 Å². The fourth-order valence-corrected chi connectivity index (χ4v) is 4.07. The van der Waals surface area contributed by atoms with Crippen molar-refractivity contribution in [2.24, 2.45) is 0 Å². The van der Waals surface area contributed by atoms with Crippen molar-refractivity contribution in [1.82, 2.24) is 15.1 Å². The molecule has 0 bridgehead atoms. The molecule has 2 heterocycles. The number of amides is 1. The Morgan fingerprint density at radius 1 is 1.40 bits per heavy atom. The zero-order valence-electron chi connectivity index (χ0n) is 14.7. The average Bonchev–Trinajstić information content (AvgIpc) is 3.03. The van der Waals surface area contributed by atoms with Crippen LogP contribution in [0.1, 0.15) is 30.4 Å². The number of rotatable bonds is 4. The number of β-amino-alcohol motifs (C(OH)–C–C–N with tert-alkyl or cyclic N) is 1. The summed E-state index contributed by atoms with van der Waals surface area (Å²) >= 11 is 0. The second-order valence-electron chi connectivity index (χ2n) is 7.04. The van der Waals surface area contributed by atoms with Gasteiger partial charge in [-0.05, 0) is 50.0 Å². The molecule has 0 spiro atoms. The normalized spacial score (nSPS) is 25.6. The van der Waals surface area contributed by atoms with Gasteiger partial charge in [0.05, 0.1) is 23.8 Å². The number of aliphatic hydroxyl groups is 1. The van der Waals surface area contributed by atoms with Crippen molar-refractivity contribution in [3.63, 3.8) is 0 Å². The van der Waals surface area contributed by atoms with Gasteiger partial charge in [-0.1, -0.05) is 12.1 Å². The van der Waals surface area contributed by atoms with Crippen LogP contribution in [-0.4, -0.2) is 65.7 Å². The summed E-state index contributed by atoms with van der Waals surface area (Å²) in [5.74, 6) is 0.00676. The number of likely N-dealkylation sites (tertiary alicyclic amines) is 2. The molecule has 0 unspecified atom stereocenters. The Morgan fingerprint density at radius 2 is 2.16 bits per heavy atom. The lowest BCUT2D eigenvalue weighted by Crippen LogP contribution is -2.50. The number of nitrogens with zero attached hydrogens (tertiary/aromatic N) is 3. The molecule has 0 radical (unpaired) electrons. The number of piperidine rings is 1. The van der Waals surface area contributed by atoms with Gasteiger partial charge in [0.15, 0.2) is 0 Å². The van der Waals surface area contributed by atoms with Crippen LogP contribution in [-0.2, 0) is 11.3 Å². The van der Waals surface area contributed by atoms with E-state index in [-0.39, 0.29) is 11.9 Å². The molecule has 1 aromatic rings. The average molecular weight is 342 g/mol. The Kier molecular flexibility index (Phi) is 5.69. The molecule has 0 saturated carbocycles. The zero-order valence-corrected chi connectivity index (χ0v) is 14.7. The van der Waals surface area contributed by atoms with E-state index < -0.39 is 6.10 Å². The Balaban J connectivity index is 1.56. The van der Waals surface area contributed by atoms with Crippen LogP contribution in [0.3, 0.4) is 0 Å². The van der Waals surface area contributed by atoms with Crippen LogP contribution in [0.25, 0.3) is 0 Å². The summed E-state index contributed by atoms with van der Waals surface area (Å²) in [6.07, 6.45) is 2.12. The van der Waals surface area contributed by atoms with Crippen LogP contribution in [0, 0.1) is 11.3 Å². The van der Waals surface area contributed by atoms with Crippen LogP contribution in [0.15, 0.2) is 24.3 Å². The monoisotopic (exact) mass is 342 g/mol. The zero-order chi connectivity index (χ0) is 17.8. The predicted molar refractivity (Wildman–Crippen MR) is 94.6 cm³/mol. The van der Waals surface area contributed by atoms with E-state index in [0.29, 0.717) is 24.6 Å². The van der Waals surface area contributed by atoms with Crippen molar-refractivity contribution in [3.05, 3.63) is 35.4 Å².